The van der Waals surface area contributed by atoms with Gasteiger partial charge in [0.1, 0.15) is 0 Å². The summed E-state index contributed by atoms with van der Waals surface area (Å²) in [6, 6.07) is 6.44. The average Bonchev–Trinajstić information content (AvgIpc) is 2.91. The van der Waals surface area contributed by atoms with Gasteiger partial charge in [-0.05, 0) is 49.6 Å². The van der Waals surface area contributed by atoms with Crippen LogP contribution in [0.5, 0.6) is 0 Å². The highest BCUT2D eigenvalue weighted by Gasteiger charge is 2.42. The Morgan fingerprint density at radius 3 is 2.45 bits per heavy atom. The summed E-state index contributed by atoms with van der Waals surface area (Å²) in [6.45, 7) is 8.47. The van der Waals surface area contributed by atoms with Crippen molar-refractivity contribution in [2.75, 3.05) is 59.5 Å². The number of allylic oxidation sites excluding steroid dienone is 1. The molecule has 0 unspecified atom stereocenters. The molecule has 3 heterocycles. The third-order valence-electron chi connectivity index (χ3n) is 7.35. The van der Waals surface area contributed by atoms with Crippen LogP contribution in [0.1, 0.15) is 25.3 Å². The van der Waals surface area contributed by atoms with Crippen LogP contribution >= 0.6 is 0 Å². The smallest absolute Gasteiger partial charge is 0.407 e. The molecule has 3 aliphatic heterocycles. The number of likely N-dealkylation sites (N-methyl/N-ethyl adjacent to an activating group) is 1. The molecular formula is C27H37N5O5S. The molecule has 0 aliphatic carbocycles. The van der Waals surface area contributed by atoms with E-state index in [9.17, 15) is 18.0 Å². The van der Waals surface area contributed by atoms with Gasteiger partial charge in [0.15, 0.2) is 0 Å². The number of hydrogen-bond donors (Lipinski definition) is 1. The van der Waals surface area contributed by atoms with Gasteiger partial charge in [-0.15, -0.1) is 0 Å². The van der Waals surface area contributed by atoms with Gasteiger partial charge >= 0.3 is 6.09 Å². The molecule has 0 bridgehead atoms. The van der Waals surface area contributed by atoms with Gasteiger partial charge < -0.3 is 24.8 Å². The topological polar surface area (TPSA) is 102 Å². The molecule has 3 aliphatic rings. The number of amides is 2. The van der Waals surface area contributed by atoms with E-state index in [2.05, 4.69) is 33.8 Å². The predicted molar refractivity (Wildman–Crippen MR) is 145 cm³/mol. The Hall–Kier alpha value is -3.31. The van der Waals surface area contributed by atoms with Crippen molar-refractivity contribution < 1.29 is 22.7 Å². The SMILES string of the molecule is C=Cc1ccc(S(=O)(=O)N2CCN(CC3(NC(=O)OCC)CCN(C4=CCN(C)C=C4)CC3)C(=O)C2)cc1. The third kappa shape index (κ3) is 6.21. The summed E-state index contributed by atoms with van der Waals surface area (Å²) in [6.07, 6.45) is 8.72. The van der Waals surface area contributed by atoms with E-state index >= 15 is 0 Å². The molecular weight excluding hydrogens is 506 g/mol. The first-order chi connectivity index (χ1) is 18.2. The minimum atomic E-state index is -3.80. The zero-order chi connectivity index (χ0) is 27.3. The summed E-state index contributed by atoms with van der Waals surface area (Å²) >= 11 is 0. The summed E-state index contributed by atoms with van der Waals surface area (Å²) in [4.78, 5) is 31.9. The van der Waals surface area contributed by atoms with Crippen LogP contribution in [0, 0.1) is 0 Å². The molecule has 206 valence electrons. The number of piperazine rings is 1. The number of rotatable bonds is 8. The number of carbonyl (C=O) groups is 2. The van der Waals surface area contributed by atoms with Crippen molar-refractivity contribution >= 4 is 28.1 Å². The van der Waals surface area contributed by atoms with E-state index in [4.69, 9.17) is 4.74 Å². The number of carbonyl (C=O) groups excluding carboxylic acids is 2. The number of piperidine rings is 1. The van der Waals surface area contributed by atoms with Crippen molar-refractivity contribution in [3.63, 3.8) is 0 Å². The maximum Gasteiger partial charge on any atom is 0.407 e. The second-order valence-electron chi connectivity index (χ2n) is 9.92. The molecule has 38 heavy (non-hydrogen) atoms. The molecule has 1 N–H and O–H groups in total. The van der Waals surface area contributed by atoms with E-state index in [1.54, 1.807) is 30.0 Å². The van der Waals surface area contributed by atoms with E-state index in [1.165, 1.54) is 16.4 Å². The fourth-order valence-corrected chi connectivity index (χ4v) is 6.43. The number of likely N-dealkylation sites (tertiary alicyclic amines) is 1. The first-order valence-corrected chi connectivity index (χ1v) is 14.4. The number of sulfonamides is 1. The normalized spacial score (nSPS) is 20.2. The molecule has 0 spiro atoms. The number of nitrogens with one attached hydrogen (secondary N) is 1. The van der Waals surface area contributed by atoms with Crippen LogP contribution < -0.4 is 5.32 Å². The molecule has 1 aromatic rings. The van der Waals surface area contributed by atoms with Crippen molar-refractivity contribution in [1.82, 2.24) is 24.3 Å². The molecule has 10 nitrogen and oxygen atoms in total. The van der Waals surface area contributed by atoms with Gasteiger partial charge in [0, 0.05) is 58.2 Å². The molecule has 0 saturated carbocycles. The van der Waals surface area contributed by atoms with Crippen LogP contribution in [0.15, 0.2) is 59.8 Å². The van der Waals surface area contributed by atoms with Crippen LogP contribution in [0.25, 0.3) is 6.08 Å². The van der Waals surface area contributed by atoms with Crippen molar-refractivity contribution in [1.29, 1.82) is 0 Å². The number of nitrogens with zero attached hydrogens (tertiary/aromatic N) is 4. The highest BCUT2D eigenvalue weighted by atomic mass is 32.2. The molecule has 1 aromatic carbocycles. The largest absolute Gasteiger partial charge is 0.450 e. The second-order valence-corrected chi connectivity index (χ2v) is 11.9. The fourth-order valence-electron chi connectivity index (χ4n) is 5.05. The molecule has 0 radical (unpaired) electrons. The summed E-state index contributed by atoms with van der Waals surface area (Å²) in [5.41, 5.74) is 1.32. The lowest BCUT2D eigenvalue weighted by Gasteiger charge is -2.46. The van der Waals surface area contributed by atoms with Crippen LogP contribution in [0.2, 0.25) is 0 Å². The quantitative estimate of drug-likeness (QED) is 0.536. The van der Waals surface area contributed by atoms with Gasteiger partial charge in [-0.2, -0.15) is 4.31 Å². The number of hydrogen-bond acceptors (Lipinski definition) is 7. The van der Waals surface area contributed by atoms with Crippen LogP contribution in [0.4, 0.5) is 4.79 Å². The van der Waals surface area contributed by atoms with E-state index in [0.717, 1.165) is 30.9 Å². The molecule has 0 aromatic heterocycles. The lowest BCUT2D eigenvalue weighted by molar-refractivity contribution is -0.135. The van der Waals surface area contributed by atoms with Gasteiger partial charge in [0.05, 0.1) is 23.6 Å². The first-order valence-electron chi connectivity index (χ1n) is 12.9. The lowest BCUT2D eigenvalue weighted by Crippen LogP contribution is -2.63. The molecule has 2 saturated heterocycles. The standard InChI is InChI=1S/C27H37N5O5S/c1-4-22-6-8-24(9-7-22)38(35,36)32-19-18-31(25(33)20-32)21-27(28-26(34)37-5-2)12-16-30(17-13-27)23-10-14-29(3)15-11-23/h4,6-11,14H,1,5,12-13,15-21H2,2-3H3,(H,28,34). The first kappa shape index (κ1) is 27.7. The van der Waals surface area contributed by atoms with Crippen LogP contribution in [-0.2, 0) is 19.6 Å². The molecule has 11 heteroatoms. The highest BCUT2D eigenvalue weighted by Crippen LogP contribution is 2.28. The van der Waals surface area contributed by atoms with Crippen LogP contribution in [-0.4, -0.2) is 104 Å². The average molecular weight is 544 g/mol. The van der Waals surface area contributed by atoms with Crippen molar-refractivity contribution in [2.24, 2.45) is 0 Å². The highest BCUT2D eigenvalue weighted by molar-refractivity contribution is 7.89. The Morgan fingerprint density at radius 1 is 1.16 bits per heavy atom. The van der Waals surface area contributed by atoms with E-state index in [-0.39, 0.29) is 37.0 Å². The third-order valence-corrected chi connectivity index (χ3v) is 9.21. The Morgan fingerprint density at radius 2 is 1.87 bits per heavy atom. The van der Waals surface area contributed by atoms with Gasteiger partial charge in [-0.25, -0.2) is 13.2 Å². The molecule has 0 atom stereocenters. The minimum Gasteiger partial charge on any atom is -0.450 e. The van der Waals surface area contributed by atoms with Crippen molar-refractivity contribution in [2.45, 2.75) is 30.2 Å². The van der Waals surface area contributed by atoms with E-state index in [1.807, 2.05) is 13.2 Å². The van der Waals surface area contributed by atoms with Crippen molar-refractivity contribution in [3.05, 3.63) is 60.5 Å². The minimum absolute atomic E-state index is 0.148. The second kappa shape index (κ2) is 11.6. The number of alkyl carbamates (subject to hydrolysis) is 1. The Balaban J connectivity index is 1.43. The molecule has 4 rings (SSSR count). The summed E-state index contributed by atoms with van der Waals surface area (Å²) in [7, 11) is -1.78. The zero-order valence-corrected chi connectivity index (χ0v) is 23.0. The van der Waals surface area contributed by atoms with E-state index < -0.39 is 21.7 Å². The van der Waals surface area contributed by atoms with Crippen molar-refractivity contribution in [3.8, 4) is 0 Å². The van der Waals surface area contributed by atoms with Gasteiger partial charge in [0.2, 0.25) is 15.9 Å². The zero-order valence-electron chi connectivity index (χ0n) is 22.1. The number of benzene rings is 1. The maximum absolute atomic E-state index is 13.2. The summed E-state index contributed by atoms with van der Waals surface area (Å²) in [5, 5.41) is 3.04. The molecule has 2 fully saturated rings. The Bertz CT molecular complexity index is 1200. The Kier molecular flexibility index (Phi) is 8.47. The van der Waals surface area contributed by atoms with Gasteiger partial charge in [-0.1, -0.05) is 24.8 Å². The van der Waals surface area contributed by atoms with Gasteiger partial charge in [0.25, 0.3) is 0 Å². The summed E-state index contributed by atoms with van der Waals surface area (Å²) in [5.74, 6) is -0.282. The Labute approximate surface area is 225 Å². The lowest BCUT2D eigenvalue weighted by atomic mass is 9.86. The van der Waals surface area contributed by atoms with E-state index in [0.29, 0.717) is 19.4 Å². The predicted octanol–water partition coefficient (Wildman–Crippen LogP) is 2.09. The maximum atomic E-state index is 13.2. The monoisotopic (exact) mass is 543 g/mol. The fraction of sp³-hybridized carbons (Fsp3) is 0.481. The summed E-state index contributed by atoms with van der Waals surface area (Å²) < 4.78 is 32.7. The van der Waals surface area contributed by atoms with Gasteiger partial charge in [-0.3, -0.25) is 4.79 Å². The molecule has 2 amide bonds. The number of ether oxygens (including phenoxy) is 1. The van der Waals surface area contributed by atoms with Crippen LogP contribution in [0.3, 0.4) is 0 Å².